The van der Waals surface area contributed by atoms with Crippen LogP contribution in [0, 0.1) is 0 Å². The molecule has 6 nitrogen and oxygen atoms in total. The van der Waals surface area contributed by atoms with Gasteiger partial charge >= 0.3 is 0 Å². The van der Waals surface area contributed by atoms with Gasteiger partial charge in [0.15, 0.2) is 0 Å². The Morgan fingerprint density at radius 1 is 1.37 bits per heavy atom. The van der Waals surface area contributed by atoms with Gasteiger partial charge < -0.3 is 19.1 Å². The third-order valence-electron chi connectivity index (χ3n) is 5.55. The van der Waals surface area contributed by atoms with Crippen molar-refractivity contribution >= 4 is 5.91 Å². The molecule has 1 aromatic heterocycles. The highest BCUT2D eigenvalue weighted by molar-refractivity contribution is 5.94. The monoisotopic (exact) mass is 368 g/mol. The van der Waals surface area contributed by atoms with Crippen LogP contribution in [0.25, 0.3) is 0 Å². The van der Waals surface area contributed by atoms with Crippen LogP contribution in [0.15, 0.2) is 30.6 Å². The van der Waals surface area contributed by atoms with Crippen LogP contribution in [-0.2, 0) is 13.0 Å². The zero-order chi connectivity index (χ0) is 18.8. The van der Waals surface area contributed by atoms with Gasteiger partial charge in [-0.15, -0.1) is 0 Å². The van der Waals surface area contributed by atoms with Crippen LogP contribution in [0.2, 0.25) is 0 Å². The summed E-state index contributed by atoms with van der Waals surface area (Å²) in [6.45, 7) is 4.19. The van der Waals surface area contributed by atoms with Crippen LogP contribution in [0.1, 0.15) is 40.5 Å². The SMILES string of the molecule is CN(C)CCn1ccnc1[C@H]1CCCN(C(=O)c2ccc3c(c2)CCO3)C1. The van der Waals surface area contributed by atoms with Gasteiger partial charge in [-0.2, -0.15) is 0 Å². The molecule has 0 saturated carbocycles. The number of imidazole rings is 1. The molecule has 3 heterocycles. The van der Waals surface area contributed by atoms with Crippen molar-refractivity contribution in [3.8, 4) is 5.75 Å². The molecule has 0 spiro atoms. The number of piperidine rings is 1. The summed E-state index contributed by atoms with van der Waals surface area (Å²) in [7, 11) is 4.17. The second-order valence-electron chi connectivity index (χ2n) is 7.79. The van der Waals surface area contributed by atoms with Crippen LogP contribution < -0.4 is 4.74 Å². The van der Waals surface area contributed by atoms with Crippen LogP contribution in [0.4, 0.5) is 0 Å². The molecule has 2 aliphatic heterocycles. The number of ether oxygens (including phenoxy) is 1. The molecule has 0 radical (unpaired) electrons. The van der Waals surface area contributed by atoms with Crippen LogP contribution in [0.5, 0.6) is 5.75 Å². The van der Waals surface area contributed by atoms with Crippen molar-refractivity contribution in [2.45, 2.75) is 31.7 Å². The first-order valence-corrected chi connectivity index (χ1v) is 9.82. The van der Waals surface area contributed by atoms with Crippen molar-refractivity contribution in [3.63, 3.8) is 0 Å². The number of rotatable bonds is 5. The second kappa shape index (κ2) is 7.72. The van der Waals surface area contributed by atoms with Crippen molar-refractivity contribution in [2.75, 3.05) is 40.3 Å². The first kappa shape index (κ1) is 18.0. The summed E-state index contributed by atoms with van der Waals surface area (Å²) in [4.78, 5) is 21.9. The van der Waals surface area contributed by atoms with Gasteiger partial charge in [-0.25, -0.2) is 4.98 Å². The molecule has 0 bridgehead atoms. The van der Waals surface area contributed by atoms with Gasteiger partial charge in [0.1, 0.15) is 11.6 Å². The van der Waals surface area contributed by atoms with E-state index in [0.29, 0.717) is 12.5 Å². The minimum atomic E-state index is 0.126. The number of aromatic nitrogens is 2. The van der Waals surface area contributed by atoms with Crippen molar-refractivity contribution in [1.82, 2.24) is 19.4 Å². The zero-order valence-corrected chi connectivity index (χ0v) is 16.2. The lowest BCUT2D eigenvalue weighted by Crippen LogP contribution is -2.40. The van der Waals surface area contributed by atoms with E-state index >= 15 is 0 Å². The summed E-state index contributed by atoms with van der Waals surface area (Å²) < 4.78 is 7.80. The van der Waals surface area contributed by atoms with E-state index in [1.54, 1.807) is 0 Å². The molecular weight excluding hydrogens is 340 g/mol. The predicted molar refractivity (Wildman–Crippen MR) is 104 cm³/mol. The third-order valence-corrected chi connectivity index (χ3v) is 5.55. The Morgan fingerprint density at radius 2 is 2.26 bits per heavy atom. The average molecular weight is 368 g/mol. The average Bonchev–Trinajstić information content (AvgIpc) is 3.34. The Hall–Kier alpha value is -2.34. The first-order valence-electron chi connectivity index (χ1n) is 9.82. The van der Waals surface area contributed by atoms with E-state index in [0.717, 1.165) is 68.1 Å². The van der Waals surface area contributed by atoms with Crippen molar-refractivity contribution in [3.05, 3.63) is 47.5 Å². The van der Waals surface area contributed by atoms with Gasteiger partial charge in [-0.1, -0.05) is 0 Å². The highest BCUT2D eigenvalue weighted by Gasteiger charge is 2.28. The maximum atomic E-state index is 13.1. The van der Waals surface area contributed by atoms with Crippen LogP contribution >= 0.6 is 0 Å². The minimum Gasteiger partial charge on any atom is -0.493 e. The Kier molecular flexibility index (Phi) is 5.16. The van der Waals surface area contributed by atoms with Gasteiger partial charge in [0.25, 0.3) is 5.91 Å². The largest absolute Gasteiger partial charge is 0.493 e. The smallest absolute Gasteiger partial charge is 0.253 e. The molecule has 1 atom stereocenters. The quantitative estimate of drug-likeness (QED) is 0.813. The number of amides is 1. The van der Waals surface area contributed by atoms with E-state index in [1.807, 2.05) is 29.3 Å². The highest BCUT2D eigenvalue weighted by Crippen LogP contribution is 2.29. The number of carbonyl (C=O) groups is 1. The fourth-order valence-corrected chi connectivity index (χ4v) is 4.05. The molecule has 6 heteroatoms. The Labute approximate surface area is 160 Å². The zero-order valence-electron chi connectivity index (χ0n) is 16.2. The maximum Gasteiger partial charge on any atom is 0.253 e. The molecule has 1 fully saturated rings. The molecule has 0 aliphatic carbocycles. The molecule has 1 saturated heterocycles. The molecule has 0 unspecified atom stereocenters. The fourth-order valence-electron chi connectivity index (χ4n) is 4.05. The van der Waals surface area contributed by atoms with E-state index in [2.05, 4.69) is 34.7 Å². The molecule has 0 N–H and O–H groups in total. The fraction of sp³-hybridized carbons (Fsp3) is 0.524. The number of benzene rings is 1. The van der Waals surface area contributed by atoms with Crippen LogP contribution in [-0.4, -0.2) is 65.6 Å². The van der Waals surface area contributed by atoms with Crippen molar-refractivity contribution in [1.29, 1.82) is 0 Å². The van der Waals surface area contributed by atoms with E-state index in [9.17, 15) is 4.79 Å². The normalized spacial score (nSPS) is 19.2. The standard InChI is InChI=1S/C21H28N4O2/c1-23(2)11-12-24-10-8-22-20(24)18-4-3-9-25(15-18)21(26)17-5-6-19-16(14-17)7-13-27-19/h5-6,8,10,14,18H,3-4,7,9,11-13,15H2,1-2H3/t18-/m0/s1. The lowest BCUT2D eigenvalue weighted by atomic mass is 9.96. The minimum absolute atomic E-state index is 0.126. The number of likely N-dealkylation sites (tertiary alicyclic amines) is 1. The number of nitrogens with zero attached hydrogens (tertiary/aromatic N) is 4. The number of carbonyl (C=O) groups excluding carboxylic acids is 1. The molecule has 27 heavy (non-hydrogen) atoms. The van der Waals surface area contributed by atoms with Gasteiger partial charge in [0.2, 0.25) is 0 Å². The number of hydrogen-bond acceptors (Lipinski definition) is 4. The Balaban J connectivity index is 1.47. The molecule has 1 amide bonds. The van der Waals surface area contributed by atoms with Gasteiger partial charge in [-0.05, 0) is 50.7 Å². The Bertz CT molecular complexity index is 814. The summed E-state index contributed by atoms with van der Waals surface area (Å²) in [6.07, 6.45) is 6.93. The maximum absolute atomic E-state index is 13.1. The topological polar surface area (TPSA) is 50.6 Å². The van der Waals surface area contributed by atoms with Crippen molar-refractivity contribution < 1.29 is 9.53 Å². The van der Waals surface area contributed by atoms with Gasteiger partial charge in [-0.3, -0.25) is 4.79 Å². The van der Waals surface area contributed by atoms with E-state index < -0.39 is 0 Å². The molecule has 144 valence electrons. The lowest BCUT2D eigenvalue weighted by molar-refractivity contribution is 0.0703. The lowest BCUT2D eigenvalue weighted by Gasteiger charge is -2.33. The second-order valence-corrected chi connectivity index (χ2v) is 7.79. The molecule has 2 aliphatic rings. The van der Waals surface area contributed by atoms with E-state index in [-0.39, 0.29) is 5.91 Å². The number of fused-ring (bicyclic) bond motifs is 1. The van der Waals surface area contributed by atoms with E-state index in [4.69, 9.17) is 4.74 Å². The summed E-state index contributed by atoms with van der Waals surface area (Å²) in [5.74, 6) is 2.46. The van der Waals surface area contributed by atoms with Gasteiger partial charge in [0.05, 0.1) is 6.61 Å². The Morgan fingerprint density at radius 3 is 3.11 bits per heavy atom. The van der Waals surface area contributed by atoms with Crippen LogP contribution in [0.3, 0.4) is 0 Å². The number of hydrogen-bond donors (Lipinski definition) is 0. The predicted octanol–water partition coefficient (Wildman–Crippen LogP) is 2.40. The molecule has 4 rings (SSSR count). The molecular formula is C21H28N4O2. The summed E-state index contributed by atoms with van der Waals surface area (Å²) in [6, 6.07) is 5.84. The molecule has 2 aromatic rings. The summed E-state index contributed by atoms with van der Waals surface area (Å²) >= 11 is 0. The van der Waals surface area contributed by atoms with Gasteiger partial charge in [0, 0.05) is 56.5 Å². The summed E-state index contributed by atoms with van der Waals surface area (Å²) in [5, 5.41) is 0. The first-order chi connectivity index (χ1) is 13.1. The number of likely N-dealkylation sites (N-methyl/N-ethyl adjacent to an activating group) is 1. The highest BCUT2D eigenvalue weighted by atomic mass is 16.5. The molecule has 1 aromatic carbocycles. The third kappa shape index (κ3) is 3.86. The van der Waals surface area contributed by atoms with E-state index in [1.165, 1.54) is 0 Å². The summed E-state index contributed by atoms with van der Waals surface area (Å²) in [5.41, 5.74) is 1.92. The van der Waals surface area contributed by atoms with Crippen molar-refractivity contribution in [2.24, 2.45) is 0 Å².